The Morgan fingerprint density at radius 2 is 1.90 bits per heavy atom. The van der Waals surface area contributed by atoms with Gasteiger partial charge in [-0.15, -0.1) is 0 Å². The molecular formula is C19H22Cl2N2O5S. The molecule has 1 saturated heterocycles. The summed E-state index contributed by atoms with van der Waals surface area (Å²) in [6.07, 6.45) is 5.35. The van der Waals surface area contributed by atoms with Crippen molar-refractivity contribution in [2.45, 2.75) is 30.7 Å². The van der Waals surface area contributed by atoms with Crippen molar-refractivity contribution in [2.24, 2.45) is 5.92 Å². The van der Waals surface area contributed by atoms with E-state index in [4.69, 9.17) is 28.3 Å². The average Bonchev–Trinajstić information content (AvgIpc) is 2.68. The fourth-order valence-electron chi connectivity index (χ4n) is 2.92. The Hall–Kier alpha value is -1.74. The van der Waals surface area contributed by atoms with Gasteiger partial charge in [0.15, 0.2) is 4.90 Å². The van der Waals surface area contributed by atoms with E-state index in [1.54, 1.807) is 23.1 Å². The van der Waals surface area contributed by atoms with Gasteiger partial charge in [-0.2, -0.15) is 0 Å². The number of hydrogen-bond acceptors (Lipinski definition) is 4. The van der Waals surface area contributed by atoms with Crippen LogP contribution in [0.15, 0.2) is 23.1 Å². The van der Waals surface area contributed by atoms with Gasteiger partial charge in [0.1, 0.15) is 17.3 Å². The second kappa shape index (κ2) is 10.3. The van der Waals surface area contributed by atoms with Crippen molar-refractivity contribution in [1.82, 2.24) is 10.2 Å². The number of benzene rings is 1. The number of aliphatic carboxylic acids is 1. The molecule has 2 N–H and O–H groups in total. The van der Waals surface area contributed by atoms with Crippen molar-refractivity contribution in [3.8, 4) is 0 Å². The number of hydrogen-bond donors (Lipinski definition) is 2. The standard InChI is InChI=1S/C19H22Cl2N2O5S/c1-11(19(26)27)22-18(25)13-7-9-23(10-8-13)15(24)6-4-12-3-5-14(29(2)28)17(21)16(12)20/h3-6,11,13H,7-10H2,1-2H3,(H,22,25)(H,26,27)/b6-4+. The van der Waals surface area contributed by atoms with E-state index in [2.05, 4.69) is 5.32 Å². The summed E-state index contributed by atoms with van der Waals surface area (Å²) in [5.74, 6) is -1.94. The fourth-order valence-corrected chi connectivity index (χ4v) is 4.31. The Bertz CT molecular complexity index is 823. The minimum atomic E-state index is -1.27. The summed E-state index contributed by atoms with van der Waals surface area (Å²) in [5.41, 5.74) is 0.538. The number of carbonyl (C=O) groups is 3. The molecule has 158 valence electrons. The monoisotopic (exact) mass is 460 g/mol. The van der Waals surface area contributed by atoms with Crippen molar-refractivity contribution < 1.29 is 24.0 Å². The normalized spacial score (nSPS) is 17.2. The molecule has 2 amide bonds. The van der Waals surface area contributed by atoms with Gasteiger partial charge in [0.2, 0.25) is 11.8 Å². The number of piperidine rings is 1. The smallest absolute Gasteiger partial charge is 0.325 e. The predicted octanol–water partition coefficient (Wildman–Crippen LogP) is 2.57. The topological polar surface area (TPSA) is 110 Å². The third kappa shape index (κ3) is 6.12. The Kier molecular flexibility index (Phi) is 8.39. The molecule has 2 unspecified atom stereocenters. The SMILES string of the molecule is CC(NC(=O)C1CCN(C(=O)/C=C/c2ccc([S+](C)[O-])c(Cl)c2Cl)CC1)C(=O)O. The number of carbonyl (C=O) groups excluding carboxylic acids is 2. The lowest BCUT2D eigenvalue weighted by molar-refractivity contribution is -0.142. The molecule has 1 aliphatic rings. The predicted molar refractivity (Wildman–Crippen MR) is 112 cm³/mol. The molecule has 10 heteroatoms. The van der Waals surface area contributed by atoms with E-state index in [9.17, 15) is 18.9 Å². The molecule has 29 heavy (non-hydrogen) atoms. The first-order valence-electron chi connectivity index (χ1n) is 8.93. The maximum atomic E-state index is 12.4. The highest BCUT2D eigenvalue weighted by Crippen LogP contribution is 2.33. The number of carboxylic acid groups (broad SMARTS) is 1. The van der Waals surface area contributed by atoms with Gasteiger partial charge in [0.25, 0.3) is 0 Å². The summed E-state index contributed by atoms with van der Waals surface area (Å²) in [7, 11) is 0. The molecule has 7 nitrogen and oxygen atoms in total. The lowest BCUT2D eigenvalue weighted by atomic mass is 9.95. The van der Waals surface area contributed by atoms with E-state index in [0.717, 1.165) is 0 Å². The van der Waals surface area contributed by atoms with Gasteiger partial charge in [-0.3, -0.25) is 14.4 Å². The summed E-state index contributed by atoms with van der Waals surface area (Å²) in [6.45, 7) is 2.20. The molecule has 0 saturated carbocycles. The number of amides is 2. The number of nitrogens with zero attached hydrogens (tertiary/aromatic N) is 1. The average molecular weight is 461 g/mol. The van der Waals surface area contributed by atoms with Crippen molar-refractivity contribution >= 4 is 58.2 Å². The molecule has 0 radical (unpaired) electrons. The minimum Gasteiger partial charge on any atom is -0.612 e. The van der Waals surface area contributed by atoms with E-state index in [1.807, 2.05) is 0 Å². The van der Waals surface area contributed by atoms with Crippen molar-refractivity contribution in [3.05, 3.63) is 33.8 Å². The van der Waals surface area contributed by atoms with E-state index in [-0.39, 0.29) is 27.8 Å². The van der Waals surface area contributed by atoms with Crippen molar-refractivity contribution in [2.75, 3.05) is 19.3 Å². The van der Waals surface area contributed by atoms with Crippen LogP contribution in [-0.2, 0) is 25.6 Å². The van der Waals surface area contributed by atoms with Crippen LogP contribution in [0, 0.1) is 5.92 Å². The number of rotatable bonds is 6. The lowest BCUT2D eigenvalue weighted by Crippen LogP contribution is -2.46. The number of likely N-dealkylation sites (tertiary alicyclic amines) is 1. The Balaban J connectivity index is 1.94. The summed E-state index contributed by atoms with van der Waals surface area (Å²) in [4.78, 5) is 37.4. The molecule has 2 rings (SSSR count). The zero-order chi connectivity index (χ0) is 21.7. The minimum absolute atomic E-state index is 0.199. The second-order valence-corrected chi connectivity index (χ2v) is 8.84. The van der Waals surface area contributed by atoms with Gasteiger partial charge in [-0.1, -0.05) is 23.2 Å². The van der Waals surface area contributed by atoms with E-state index >= 15 is 0 Å². The zero-order valence-electron chi connectivity index (χ0n) is 16.0. The van der Waals surface area contributed by atoms with Crippen LogP contribution in [0.4, 0.5) is 0 Å². The molecule has 1 heterocycles. The number of carboxylic acids is 1. The van der Waals surface area contributed by atoms with Gasteiger partial charge in [0.05, 0.1) is 5.02 Å². The van der Waals surface area contributed by atoms with E-state index in [0.29, 0.717) is 36.4 Å². The van der Waals surface area contributed by atoms with Gasteiger partial charge < -0.3 is 19.9 Å². The molecule has 1 fully saturated rings. The maximum absolute atomic E-state index is 12.4. The van der Waals surface area contributed by atoms with Crippen LogP contribution in [0.1, 0.15) is 25.3 Å². The first-order valence-corrected chi connectivity index (χ1v) is 11.2. The summed E-state index contributed by atoms with van der Waals surface area (Å²) in [5, 5.41) is 11.8. The first kappa shape index (κ1) is 23.5. The molecule has 1 aliphatic heterocycles. The molecule has 2 atom stereocenters. The van der Waals surface area contributed by atoms with Crippen LogP contribution in [-0.4, -0.2) is 57.7 Å². The Morgan fingerprint density at radius 3 is 2.45 bits per heavy atom. The molecular weight excluding hydrogens is 439 g/mol. The zero-order valence-corrected chi connectivity index (χ0v) is 18.3. The fraction of sp³-hybridized carbons (Fsp3) is 0.421. The molecule has 1 aromatic rings. The van der Waals surface area contributed by atoms with E-state index in [1.165, 1.54) is 19.3 Å². The second-order valence-electron chi connectivity index (χ2n) is 6.74. The number of nitrogens with one attached hydrogen (secondary N) is 1. The third-order valence-electron chi connectivity index (χ3n) is 4.70. The largest absolute Gasteiger partial charge is 0.612 e. The highest BCUT2D eigenvalue weighted by molar-refractivity contribution is 7.90. The van der Waals surface area contributed by atoms with Gasteiger partial charge in [-0.25, -0.2) is 0 Å². The highest BCUT2D eigenvalue weighted by Gasteiger charge is 2.28. The van der Waals surface area contributed by atoms with Gasteiger partial charge >= 0.3 is 5.97 Å². The van der Waals surface area contributed by atoms with Crippen LogP contribution in [0.25, 0.3) is 6.08 Å². The summed E-state index contributed by atoms with van der Waals surface area (Å²) < 4.78 is 11.6. The van der Waals surface area contributed by atoms with E-state index < -0.39 is 23.2 Å². The van der Waals surface area contributed by atoms with Crippen LogP contribution < -0.4 is 5.32 Å². The Morgan fingerprint density at radius 1 is 1.28 bits per heavy atom. The van der Waals surface area contributed by atoms with Crippen LogP contribution in [0.5, 0.6) is 0 Å². The third-order valence-corrected chi connectivity index (χ3v) is 6.67. The van der Waals surface area contributed by atoms with Crippen molar-refractivity contribution in [3.63, 3.8) is 0 Å². The van der Waals surface area contributed by atoms with Crippen LogP contribution in [0.2, 0.25) is 10.0 Å². The first-order chi connectivity index (χ1) is 13.6. The number of halogens is 2. The summed E-state index contributed by atoms with van der Waals surface area (Å²) in [6, 6.07) is 2.31. The highest BCUT2D eigenvalue weighted by atomic mass is 35.5. The summed E-state index contributed by atoms with van der Waals surface area (Å²) >= 11 is 11.1. The Labute approximate surface area is 182 Å². The quantitative estimate of drug-likeness (QED) is 0.500. The maximum Gasteiger partial charge on any atom is 0.325 e. The molecule has 0 aromatic heterocycles. The van der Waals surface area contributed by atoms with Crippen molar-refractivity contribution in [1.29, 1.82) is 0 Å². The van der Waals surface area contributed by atoms with Gasteiger partial charge in [-0.05, 0) is 54.7 Å². The molecule has 1 aromatic carbocycles. The van der Waals surface area contributed by atoms with Gasteiger partial charge in [0, 0.05) is 25.1 Å². The van der Waals surface area contributed by atoms with Crippen LogP contribution >= 0.6 is 23.2 Å². The lowest BCUT2D eigenvalue weighted by Gasteiger charge is -2.31. The van der Waals surface area contributed by atoms with Crippen LogP contribution in [0.3, 0.4) is 0 Å². The molecule has 0 aliphatic carbocycles. The molecule has 0 bridgehead atoms. The molecule has 0 spiro atoms.